The third-order valence-electron chi connectivity index (χ3n) is 2.32. The first-order valence-corrected chi connectivity index (χ1v) is 7.75. The van der Waals surface area contributed by atoms with Crippen molar-refractivity contribution in [2.45, 2.75) is 4.83 Å². The van der Waals surface area contributed by atoms with E-state index in [4.69, 9.17) is 16.3 Å². The van der Waals surface area contributed by atoms with Crippen LogP contribution < -0.4 is 4.74 Å². The molecule has 0 spiro atoms. The number of methoxy groups -OCH3 is 1. The molecule has 0 bridgehead atoms. The lowest BCUT2D eigenvalue weighted by Gasteiger charge is -2.08. The molecule has 1 unspecified atom stereocenters. The van der Waals surface area contributed by atoms with Crippen LogP contribution in [0.2, 0.25) is 4.34 Å². The Hall–Kier alpha value is -0.0300. The maximum absolute atomic E-state index is 6.04. The summed E-state index contributed by atoms with van der Waals surface area (Å²) in [4.78, 5) is 1.33. The minimum absolute atomic E-state index is 0.155. The van der Waals surface area contributed by atoms with E-state index in [2.05, 4.69) is 31.9 Å². The van der Waals surface area contributed by atoms with Gasteiger partial charge >= 0.3 is 0 Å². The second kappa shape index (κ2) is 5.74. The standard InChI is InChI=1S/C12H9Br2ClOS/c1-16-8-4-2-7(3-5-8)11(14)10-6-9(13)12(15)17-10/h2-6,11H,1H3. The number of alkyl halides is 1. The maximum Gasteiger partial charge on any atom is 0.118 e. The number of hydrogen-bond acceptors (Lipinski definition) is 2. The molecule has 1 heterocycles. The molecule has 2 rings (SSSR count). The van der Waals surface area contributed by atoms with Gasteiger partial charge in [-0.05, 0) is 39.7 Å². The van der Waals surface area contributed by atoms with E-state index in [1.54, 1.807) is 18.4 Å². The third kappa shape index (κ3) is 3.05. The maximum atomic E-state index is 6.04. The van der Waals surface area contributed by atoms with Gasteiger partial charge < -0.3 is 4.74 Å². The van der Waals surface area contributed by atoms with Crippen molar-refractivity contribution in [2.24, 2.45) is 0 Å². The van der Waals surface area contributed by atoms with Gasteiger partial charge in [-0.2, -0.15) is 0 Å². The molecule has 1 nitrogen and oxygen atoms in total. The quantitative estimate of drug-likeness (QED) is 0.609. The molecule has 0 saturated carbocycles. The number of hydrogen-bond donors (Lipinski definition) is 0. The highest BCUT2D eigenvalue weighted by Crippen LogP contribution is 2.41. The smallest absolute Gasteiger partial charge is 0.118 e. The summed E-state index contributed by atoms with van der Waals surface area (Å²) in [6.07, 6.45) is 0. The first kappa shape index (κ1) is 13.4. The van der Waals surface area contributed by atoms with Crippen LogP contribution in [0.15, 0.2) is 34.8 Å². The minimum atomic E-state index is 0.155. The van der Waals surface area contributed by atoms with Crippen molar-refractivity contribution in [3.8, 4) is 5.75 Å². The molecule has 0 aliphatic carbocycles. The van der Waals surface area contributed by atoms with Crippen LogP contribution in [0.25, 0.3) is 0 Å². The van der Waals surface area contributed by atoms with E-state index in [0.29, 0.717) is 0 Å². The predicted octanol–water partition coefficient (Wildman–Crippen LogP) is 5.66. The molecule has 2 aromatic rings. The molecule has 0 saturated heterocycles. The van der Waals surface area contributed by atoms with E-state index in [9.17, 15) is 0 Å². The van der Waals surface area contributed by atoms with Crippen LogP contribution in [-0.2, 0) is 0 Å². The number of ether oxygens (including phenoxy) is 1. The lowest BCUT2D eigenvalue weighted by molar-refractivity contribution is 0.414. The van der Waals surface area contributed by atoms with Gasteiger partial charge in [0.2, 0.25) is 0 Å². The lowest BCUT2D eigenvalue weighted by Crippen LogP contribution is -1.90. The van der Waals surface area contributed by atoms with Crippen LogP contribution in [0, 0.1) is 0 Å². The molecule has 1 atom stereocenters. The minimum Gasteiger partial charge on any atom is -0.497 e. The Kier molecular flexibility index (Phi) is 4.53. The summed E-state index contributed by atoms with van der Waals surface area (Å²) in [6, 6.07) is 10.0. The molecule has 0 amide bonds. The summed E-state index contributed by atoms with van der Waals surface area (Å²) in [6.45, 7) is 0. The molecule has 0 aliphatic heterocycles. The van der Waals surface area contributed by atoms with E-state index < -0.39 is 0 Å². The van der Waals surface area contributed by atoms with Gasteiger partial charge in [0, 0.05) is 9.35 Å². The SMILES string of the molecule is COc1ccc(C(Br)c2cc(Br)c(Cl)s2)cc1. The third-order valence-corrected chi connectivity index (χ3v) is 6.19. The van der Waals surface area contributed by atoms with Crippen LogP contribution >= 0.6 is 54.8 Å². The van der Waals surface area contributed by atoms with E-state index >= 15 is 0 Å². The number of thiophene rings is 1. The number of rotatable bonds is 3. The molecule has 0 N–H and O–H groups in total. The van der Waals surface area contributed by atoms with Crippen LogP contribution in [0.3, 0.4) is 0 Å². The van der Waals surface area contributed by atoms with E-state index in [1.165, 1.54) is 10.4 Å². The summed E-state index contributed by atoms with van der Waals surface area (Å²) in [5, 5.41) is 0. The summed E-state index contributed by atoms with van der Waals surface area (Å²) in [5.74, 6) is 0.860. The topological polar surface area (TPSA) is 9.23 Å². The molecule has 5 heteroatoms. The fourth-order valence-electron chi connectivity index (χ4n) is 1.43. The first-order valence-electron chi connectivity index (χ1n) is 4.84. The van der Waals surface area contributed by atoms with Crippen molar-refractivity contribution in [1.82, 2.24) is 0 Å². The second-order valence-electron chi connectivity index (χ2n) is 3.41. The Balaban J connectivity index is 2.26. The number of benzene rings is 1. The van der Waals surface area contributed by atoms with Gasteiger partial charge in [0.15, 0.2) is 0 Å². The van der Waals surface area contributed by atoms with Gasteiger partial charge in [-0.15, -0.1) is 11.3 Å². The highest BCUT2D eigenvalue weighted by molar-refractivity contribution is 9.10. The van der Waals surface area contributed by atoms with E-state index in [0.717, 1.165) is 14.6 Å². The second-order valence-corrected chi connectivity index (χ2v) is 6.86. The van der Waals surface area contributed by atoms with Crippen molar-refractivity contribution >= 4 is 54.8 Å². The fraction of sp³-hybridized carbons (Fsp3) is 0.167. The van der Waals surface area contributed by atoms with E-state index in [1.807, 2.05) is 30.3 Å². The largest absolute Gasteiger partial charge is 0.497 e. The van der Waals surface area contributed by atoms with Gasteiger partial charge in [-0.3, -0.25) is 0 Å². The van der Waals surface area contributed by atoms with Gasteiger partial charge in [0.05, 0.1) is 11.9 Å². The summed E-state index contributed by atoms with van der Waals surface area (Å²) < 4.78 is 6.85. The highest BCUT2D eigenvalue weighted by Gasteiger charge is 2.15. The van der Waals surface area contributed by atoms with Crippen molar-refractivity contribution in [3.63, 3.8) is 0 Å². The first-order chi connectivity index (χ1) is 8.11. The molecule has 17 heavy (non-hydrogen) atoms. The Morgan fingerprint density at radius 2 is 1.94 bits per heavy atom. The van der Waals surface area contributed by atoms with Gasteiger partial charge in [-0.25, -0.2) is 0 Å². The Bertz CT molecular complexity index is 490. The zero-order chi connectivity index (χ0) is 12.4. The molecule has 0 fully saturated rings. The Labute approximate surface area is 126 Å². The summed E-state index contributed by atoms with van der Waals surface area (Å²) in [7, 11) is 1.66. The summed E-state index contributed by atoms with van der Waals surface area (Å²) in [5.41, 5.74) is 1.18. The van der Waals surface area contributed by atoms with Crippen LogP contribution in [0.4, 0.5) is 0 Å². The van der Waals surface area contributed by atoms with Crippen molar-refractivity contribution < 1.29 is 4.74 Å². The van der Waals surface area contributed by atoms with Crippen molar-refractivity contribution in [2.75, 3.05) is 7.11 Å². The molecule has 90 valence electrons. The zero-order valence-corrected chi connectivity index (χ0v) is 13.7. The molecule has 0 radical (unpaired) electrons. The molecule has 0 aliphatic rings. The predicted molar refractivity (Wildman–Crippen MR) is 80.8 cm³/mol. The average Bonchev–Trinajstić information content (AvgIpc) is 2.69. The lowest BCUT2D eigenvalue weighted by atomic mass is 10.1. The zero-order valence-electron chi connectivity index (χ0n) is 8.91. The molecule has 1 aromatic heterocycles. The summed E-state index contributed by atoms with van der Waals surface area (Å²) >= 11 is 14.7. The normalized spacial score (nSPS) is 12.5. The van der Waals surface area contributed by atoms with Gasteiger partial charge in [0.1, 0.15) is 10.1 Å². The van der Waals surface area contributed by atoms with Gasteiger partial charge in [-0.1, -0.05) is 39.7 Å². The van der Waals surface area contributed by atoms with Crippen LogP contribution in [-0.4, -0.2) is 7.11 Å². The molecular formula is C12H9Br2ClOS. The Morgan fingerprint density at radius 1 is 1.29 bits per heavy atom. The Morgan fingerprint density at radius 3 is 2.41 bits per heavy atom. The van der Waals surface area contributed by atoms with Crippen LogP contribution in [0.5, 0.6) is 5.75 Å². The average molecular weight is 397 g/mol. The number of halogens is 3. The van der Waals surface area contributed by atoms with Crippen molar-refractivity contribution in [3.05, 3.63) is 49.6 Å². The van der Waals surface area contributed by atoms with E-state index in [-0.39, 0.29) is 4.83 Å². The molecular weight excluding hydrogens is 387 g/mol. The molecule has 1 aromatic carbocycles. The highest BCUT2D eigenvalue weighted by atomic mass is 79.9. The fourth-order valence-corrected chi connectivity index (χ4v) is 3.89. The van der Waals surface area contributed by atoms with Crippen LogP contribution in [0.1, 0.15) is 15.3 Å². The van der Waals surface area contributed by atoms with Crippen molar-refractivity contribution in [1.29, 1.82) is 0 Å². The monoisotopic (exact) mass is 394 g/mol. The van der Waals surface area contributed by atoms with Gasteiger partial charge in [0.25, 0.3) is 0 Å².